The highest BCUT2D eigenvalue weighted by Gasteiger charge is 2.26. The third kappa shape index (κ3) is 5.42. The number of carbonyl (C=O) groups is 2. The van der Waals surface area contributed by atoms with Crippen LogP contribution in [0.2, 0.25) is 10.0 Å². The van der Waals surface area contributed by atoms with Crippen molar-refractivity contribution in [1.82, 2.24) is 15.2 Å². The van der Waals surface area contributed by atoms with Gasteiger partial charge in [-0.2, -0.15) is 0 Å². The molecule has 1 aromatic heterocycles. The highest BCUT2D eigenvalue weighted by molar-refractivity contribution is 6.39. The topological polar surface area (TPSA) is 71.5 Å². The molecule has 3 heterocycles. The van der Waals surface area contributed by atoms with Crippen molar-refractivity contribution in [2.75, 3.05) is 20.2 Å². The van der Waals surface area contributed by atoms with Crippen LogP contribution in [0.25, 0.3) is 33.5 Å². The van der Waals surface area contributed by atoms with Gasteiger partial charge in [0.1, 0.15) is 0 Å². The second kappa shape index (κ2) is 11.9. The van der Waals surface area contributed by atoms with Crippen LogP contribution in [0.5, 0.6) is 5.88 Å². The molecule has 1 amide bonds. The largest absolute Gasteiger partial charge is 0.480 e. The minimum atomic E-state index is 0.163. The number of aromatic nitrogens is 1. The Bertz CT molecular complexity index is 1700. The first-order valence-electron chi connectivity index (χ1n) is 14.1. The fourth-order valence-corrected chi connectivity index (χ4v) is 6.77. The molecule has 1 fully saturated rings. The Balaban J connectivity index is 1.31. The molecule has 3 aromatic carbocycles. The molecule has 42 heavy (non-hydrogen) atoms. The third-order valence-corrected chi connectivity index (χ3v) is 9.11. The molecule has 214 valence electrons. The van der Waals surface area contributed by atoms with E-state index in [1.165, 1.54) is 23.8 Å². The predicted molar refractivity (Wildman–Crippen MR) is 167 cm³/mol. The van der Waals surface area contributed by atoms with Crippen molar-refractivity contribution in [1.29, 1.82) is 0 Å². The van der Waals surface area contributed by atoms with Crippen molar-refractivity contribution in [2.24, 2.45) is 0 Å². The summed E-state index contributed by atoms with van der Waals surface area (Å²) in [5, 5.41) is 4.25. The molecule has 2 aliphatic heterocycles. The quantitative estimate of drug-likeness (QED) is 0.228. The first-order chi connectivity index (χ1) is 20.4. The molecule has 0 saturated carbocycles. The number of hydrogen-bond acceptors (Lipinski definition) is 5. The Labute approximate surface area is 255 Å². The Morgan fingerprint density at radius 2 is 1.71 bits per heavy atom. The lowest BCUT2D eigenvalue weighted by atomic mass is 9.89. The van der Waals surface area contributed by atoms with Crippen molar-refractivity contribution < 1.29 is 14.3 Å². The lowest BCUT2D eigenvalue weighted by Gasteiger charge is -2.32. The SMILES string of the molecule is COc1nc(-c2cccc(-c3cccc(-c4cc(C)c5c(c4)CCN(C[C@@H]4CCC(=O)N4)C5)c3Cl)c2Cl)ccc1C=O. The van der Waals surface area contributed by atoms with Crippen LogP contribution in [0.1, 0.15) is 39.9 Å². The summed E-state index contributed by atoms with van der Waals surface area (Å²) in [4.78, 5) is 29.9. The van der Waals surface area contributed by atoms with E-state index >= 15 is 0 Å². The summed E-state index contributed by atoms with van der Waals surface area (Å²) >= 11 is 14.1. The first-order valence-corrected chi connectivity index (χ1v) is 14.8. The first kappa shape index (κ1) is 28.4. The molecule has 0 unspecified atom stereocenters. The number of carbonyl (C=O) groups excluding carboxylic acids is 2. The number of aldehydes is 1. The molecule has 0 spiro atoms. The Hall–Kier alpha value is -3.71. The molecule has 6 nitrogen and oxygen atoms in total. The van der Waals surface area contributed by atoms with E-state index < -0.39 is 0 Å². The molecule has 1 N–H and O–H groups in total. The predicted octanol–water partition coefficient (Wildman–Crippen LogP) is 7.16. The van der Waals surface area contributed by atoms with Gasteiger partial charge in [0.05, 0.1) is 28.4 Å². The molecular weight excluding hydrogens is 569 g/mol. The van der Waals surface area contributed by atoms with Gasteiger partial charge in [-0.1, -0.05) is 71.7 Å². The number of hydrogen-bond donors (Lipinski definition) is 1. The molecule has 4 aromatic rings. The Morgan fingerprint density at radius 1 is 1.00 bits per heavy atom. The maximum atomic E-state index is 11.6. The van der Waals surface area contributed by atoms with Crippen molar-refractivity contribution in [2.45, 2.75) is 38.8 Å². The molecule has 2 aliphatic rings. The zero-order valence-corrected chi connectivity index (χ0v) is 25.1. The molecular formula is C34H31Cl2N3O3. The van der Waals surface area contributed by atoms with Crippen molar-refractivity contribution in [3.8, 4) is 39.4 Å². The number of nitrogens with zero attached hydrogens (tertiary/aromatic N) is 2. The molecule has 1 saturated heterocycles. The van der Waals surface area contributed by atoms with Crippen molar-refractivity contribution >= 4 is 35.4 Å². The van der Waals surface area contributed by atoms with Gasteiger partial charge >= 0.3 is 0 Å². The summed E-state index contributed by atoms with van der Waals surface area (Å²) in [7, 11) is 1.48. The van der Waals surface area contributed by atoms with E-state index in [-0.39, 0.29) is 17.8 Å². The van der Waals surface area contributed by atoms with Gasteiger partial charge in [-0.05, 0) is 54.2 Å². The Morgan fingerprint density at radius 3 is 2.40 bits per heavy atom. The van der Waals surface area contributed by atoms with E-state index in [1.54, 1.807) is 12.1 Å². The smallest absolute Gasteiger partial charge is 0.224 e. The summed E-state index contributed by atoms with van der Waals surface area (Å²) in [5.41, 5.74) is 9.30. The van der Waals surface area contributed by atoms with E-state index in [9.17, 15) is 9.59 Å². The monoisotopic (exact) mass is 599 g/mol. The number of ether oxygens (including phenoxy) is 1. The number of halogens is 2. The summed E-state index contributed by atoms with van der Waals surface area (Å²) in [6.45, 7) is 4.91. The minimum absolute atomic E-state index is 0.163. The van der Waals surface area contributed by atoms with Crippen LogP contribution in [0.4, 0.5) is 0 Å². The molecule has 0 radical (unpaired) electrons. The van der Waals surface area contributed by atoms with Crippen LogP contribution in [0.15, 0.2) is 60.7 Å². The lowest BCUT2D eigenvalue weighted by Crippen LogP contribution is -2.41. The summed E-state index contributed by atoms with van der Waals surface area (Å²) in [5.74, 6) is 0.413. The summed E-state index contributed by atoms with van der Waals surface area (Å²) < 4.78 is 5.30. The number of rotatable bonds is 7. The molecule has 6 rings (SSSR count). The van der Waals surface area contributed by atoms with Crippen LogP contribution in [-0.4, -0.2) is 48.3 Å². The van der Waals surface area contributed by atoms with E-state index in [4.69, 9.17) is 27.9 Å². The van der Waals surface area contributed by atoms with E-state index in [0.717, 1.165) is 60.3 Å². The molecule has 0 bridgehead atoms. The van der Waals surface area contributed by atoms with Gasteiger partial charge in [-0.3, -0.25) is 14.5 Å². The zero-order chi connectivity index (χ0) is 29.4. The highest BCUT2D eigenvalue weighted by atomic mass is 35.5. The van der Waals surface area contributed by atoms with Gasteiger partial charge in [0, 0.05) is 54.4 Å². The fraction of sp³-hybridized carbons (Fsp3) is 0.265. The zero-order valence-electron chi connectivity index (χ0n) is 23.5. The maximum Gasteiger partial charge on any atom is 0.224 e. The average molecular weight is 601 g/mol. The van der Waals surface area contributed by atoms with Gasteiger partial charge in [-0.15, -0.1) is 0 Å². The number of pyridine rings is 1. The van der Waals surface area contributed by atoms with Gasteiger partial charge in [0.2, 0.25) is 11.8 Å². The van der Waals surface area contributed by atoms with Gasteiger partial charge in [0.15, 0.2) is 6.29 Å². The standard InChI is InChI=1S/C34H31Cl2N3O3/c1-20-15-23(16-21-13-14-39(18-29(20)21)17-24-10-12-31(41)37-24)25-5-3-6-26(32(25)35)27-7-4-8-28(33(27)36)30-11-9-22(19-40)34(38-30)42-2/h3-9,11,15-16,19,24H,10,12-14,17-18H2,1-2H3,(H,37,41)/t24-/m0/s1. The highest BCUT2D eigenvalue weighted by Crippen LogP contribution is 2.43. The second-order valence-corrected chi connectivity index (χ2v) is 11.7. The van der Waals surface area contributed by atoms with Crippen LogP contribution >= 0.6 is 23.2 Å². The number of benzene rings is 3. The number of methoxy groups -OCH3 is 1. The maximum absolute atomic E-state index is 11.6. The summed E-state index contributed by atoms with van der Waals surface area (Å²) in [6.07, 6.45) is 3.22. The summed E-state index contributed by atoms with van der Waals surface area (Å²) in [6, 6.07) is 20.0. The van der Waals surface area contributed by atoms with Crippen LogP contribution < -0.4 is 10.1 Å². The van der Waals surface area contributed by atoms with E-state index in [1.807, 2.05) is 36.4 Å². The second-order valence-electron chi connectivity index (χ2n) is 11.0. The molecule has 1 atom stereocenters. The normalized spacial score (nSPS) is 16.7. The minimum Gasteiger partial charge on any atom is -0.480 e. The number of fused-ring (bicyclic) bond motifs is 1. The number of nitrogens with one attached hydrogen (secondary N) is 1. The van der Waals surface area contributed by atoms with Crippen molar-refractivity contribution in [3.63, 3.8) is 0 Å². The van der Waals surface area contributed by atoms with Gasteiger partial charge in [0.25, 0.3) is 0 Å². The van der Waals surface area contributed by atoms with Crippen LogP contribution in [0, 0.1) is 6.92 Å². The molecule has 8 heteroatoms. The van der Waals surface area contributed by atoms with Crippen LogP contribution in [0.3, 0.4) is 0 Å². The average Bonchev–Trinajstić information content (AvgIpc) is 3.41. The van der Waals surface area contributed by atoms with Gasteiger partial charge < -0.3 is 10.1 Å². The third-order valence-electron chi connectivity index (χ3n) is 8.29. The lowest BCUT2D eigenvalue weighted by molar-refractivity contribution is -0.119. The number of aryl methyl sites for hydroxylation is 1. The number of amides is 1. The van der Waals surface area contributed by atoms with Crippen molar-refractivity contribution in [3.05, 3.63) is 93.0 Å². The van der Waals surface area contributed by atoms with E-state index in [0.29, 0.717) is 34.0 Å². The van der Waals surface area contributed by atoms with Gasteiger partial charge in [-0.25, -0.2) is 4.98 Å². The molecule has 0 aliphatic carbocycles. The fourth-order valence-electron chi connectivity index (χ4n) is 6.11. The Kier molecular flexibility index (Phi) is 8.04. The van der Waals surface area contributed by atoms with Crippen LogP contribution in [-0.2, 0) is 17.8 Å². The van der Waals surface area contributed by atoms with E-state index in [2.05, 4.69) is 34.3 Å².